The summed E-state index contributed by atoms with van der Waals surface area (Å²) in [6, 6.07) is 25.2. The Morgan fingerprint density at radius 2 is 1.64 bits per heavy atom. The number of ether oxygens (including phenoxy) is 1. The number of nitrogens with one attached hydrogen (secondary N) is 4. The van der Waals surface area contributed by atoms with Gasteiger partial charge in [-0.1, -0.05) is 35.9 Å². The number of hydrogen-bond acceptors (Lipinski definition) is 8. The highest BCUT2D eigenvalue weighted by atomic mass is 16.5. The average molecular weight is 754 g/mol. The first-order valence-electron chi connectivity index (χ1n) is 18.9. The van der Waals surface area contributed by atoms with E-state index in [1.807, 2.05) is 82.3 Å². The molecule has 0 saturated carbocycles. The normalized spacial score (nSPS) is 12.3. The molecule has 1 aliphatic carbocycles. The quantitative estimate of drug-likeness (QED) is 0.0746. The van der Waals surface area contributed by atoms with Crippen molar-refractivity contribution in [3.63, 3.8) is 0 Å². The van der Waals surface area contributed by atoms with Crippen molar-refractivity contribution in [3.8, 4) is 11.4 Å². The number of rotatable bonds is 13. The number of fused-ring (bicyclic) bond motifs is 1. The average Bonchev–Trinajstić information content (AvgIpc) is 3.17. The number of carbonyl (C=O) groups is 3. The minimum absolute atomic E-state index is 0.0771. The summed E-state index contributed by atoms with van der Waals surface area (Å²) in [5, 5.41) is 11.8. The first kappa shape index (κ1) is 39.1. The summed E-state index contributed by atoms with van der Waals surface area (Å²) in [7, 11) is 0. The van der Waals surface area contributed by atoms with Gasteiger partial charge in [-0.05, 0) is 119 Å². The molecule has 288 valence electrons. The molecule has 12 nitrogen and oxygen atoms in total. The molecule has 0 unspecified atom stereocenters. The van der Waals surface area contributed by atoms with Crippen LogP contribution in [0.5, 0.6) is 5.75 Å². The molecule has 1 aliphatic rings. The number of aryl methyl sites for hydroxylation is 4. The van der Waals surface area contributed by atoms with E-state index >= 15 is 0 Å². The van der Waals surface area contributed by atoms with Crippen LogP contribution in [0.1, 0.15) is 70.8 Å². The molecule has 5 aromatic rings. The van der Waals surface area contributed by atoms with Gasteiger partial charge in [0.1, 0.15) is 12.4 Å². The van der Waals surface area contributed by atoms with E-state index in [1.54, 1.807) is 24.3 Å². The van der Waals surface area contributed by atoms with Crippen LogP contribution < -0.4 is 31.6 Å². The summed E-state index contributed by atoms with van der Waals surface area (Å²) in [6.45, 7) is 10.4. The van der Waals surface area contributed by atoms with Gasteiger partial charge < -0.3 is 26.0 Å². The van der Waals surface area contributed by atoms with E-state index in [-0.39, 0.29) is 53.1 Å². The molecule has 1 heterocycles. The third-order valence-electron chi connectivity index (χ3n) is 9.42. The van der Waals surface area contributed by atoms with Gasteiger partial charge in [-0.3, -0.25) is 23.7 Å². The Hall–Kier alpha value is -6.56. The molecule has 12 heteroatoms. The van der Waals surface area contributed by atoms with Crippen LogP contribution >= 0.6 is 0 Å². The number of anilines is 3. The standard InChI is InChI=1S/C44H47N7O5/c1-6-45-32-18-20-35(28(3)25-32)48-40(41-49-36-15-11-10-14-34(36)44(55)51(41)33-12-8-7-9-13-33)43(54)50-38-26-31(17-19-37(38)47-30(5)52)42(53)46-22-23-56-39-21-16-27(2)24-29(39)4/h7-9,12-13,16-21,24-26,45H,6,10-11,14-15,22-23H2,1-5H3,(H,46,53)(H,47,52)(H,50,54). The summed E-state index contributed by atoms with van der Waals surface area (Å²) in [6.07, 6.45) is 2.92. The molecule has 0 radical (unpaired) electrons. The van der Waals surface area contributed by atoms with Gasteiger partial charge in [0.05, 0.1) is 35.0 Å². The second kappa shape index (κ2) is 17.7. The van der Waals surface area contributed by atoms with Crippen LogP contribution in [-0.4, -0.2) is 52.7 Å². The third-order valence-corrected chi connectivity index (χ3v) is 9.42. The number of benzene rings is 4. The van der Waals surface area contributed by atoms with Gasteiger partial charge in [-0.2, -0.15) is 0 Å². The zero-order valence-corrected chi connectivity index (χ0v) is 32.4. The first-order chi connectivity index (χ1) is 27.0. The van der Waals surface area contributed by atoms with E-state index in [9.17, 15) is 19.2 Å². The Morgan fingerprint density at radius 1 is 0.857 bits per heavy atom. The zero-order valence-electron chi connectivity index (χ0n) is 32.4. The lowest BCUT2D eigenvalue weighted by Gasteiger charge is -2.21. The molecule has 0 atom stereocenters. The molecule has 0 aliphatic heterocycles. The van der Waals surface area contributed by atoms with Gasteiger partial charge in [0, 0.05) is 30.3 Å². The smallest absolute Gasteiger partial charge is 0.278 e. The van der Waals surface area contributed by atoms with Gasteiger partial charge in [-0.25, -0.2) is 9.98 Å². The summed E-state index contributed by atoms with van der Waals surface area (Å²) >= 11 is 0. The molecule has 0 spiro atoms. The van der Waals surface area contributed by atoms with Gasteiger partial charge >= 0.3 is 0 Å². The monoisotopic (exact) mass is 753 g/mol. The lowest BCUT2D eigenvalue weighted by atomic mass is 9.96. The van der Waals surface area contributed by atoms with E-state index in [0.29, 0.717) is 35.5 Å². The molecule has 4 N–H and O–H groups in total. The van der Waals surface area contributed by atoms with Crippen LogP contribution in [0.3, 0.4) is 0 Å². The van der Waals surface area contributed by atoms with Crippen LogP contribution in [0.2, 0.25) is 0 Å². The van der Waals surface area contributed by atoms with Crippen molar-refractivity contribution in [1.82, 2.24) is 14.9 Å². The van der Waals surface area contributed by atoms with Crippen molar-refractivity contribution in [2.24, 2.45) is 4.99 Å². The van der Waals surface area contributed by atoms with Gasteiger partial charge in [0.25, 0.3) is 17.4 Å². The Labute approximate surface area is 326 Å². The van der Waals surface area contributed by atoms with Crippen LogP contribution in [0.4, 0.5) is 22.7 Å². The highest BCUT2D eigenvalue weighted by Gasteiger charge is 2.28. The van der Waals surface area contributed by atoms with Crippen molar-refractivity contribution >= 4 is 46.2 Å². The second-order valence-corrected chi connectivity index (χ2v) is 13.8. The zero-order chi connectivity index (χ0) is 39.8. The predicted octanol–water partition coefficient (Wildman–Crippen LogP) is 7.00. The van der Waals surface area contributed by atoms with Crippen LogP contribution in [0, 0.1) is 20.8 Å². The molecule has 0 saturated heterocycles. The minimum Gasteiger partial charge on any atom is -0.491 e. The molecule has 0 bridgehead atoms. The summed E-state index contributed by atoms with van der Waals surface area (Å²) in [5.74, 6) is -0.659. The van der Waals surface area contributed by atoms with Crippen molar-refractivity contribution in [2.45, 2.75) is 60.3 Å². The Bertz CT molecular complexity index is 2370. The van der Waals surface area contributed by atoms with Gasteiger partial charge in [0.2, 0.25) is 5.91 Å². The van der Waals surface area contributed by atoms with Crippen LogP contribution in [0.15, 0.2) is 94.7 Å². The maximum absolute atomic E-state index is 14.7. The number of nitrogens with zero attached hydrogens (tertiary/aromatic N) is 3. The fraction of sp³-hybridized carbons (Fsp3) is 0.273. The number of aromatic nitrogens is 2. The largest absolute Gasteiger partial charge is 0.491 e. The Balaban J connectivity index is 1.39. The third kappa shape index (κ3) is 9.20. The fourth-order valence-electron chi connectivity index (χ4n) is 6.70. The summed E-state index contributed by atoms with van der Waals surface area (Å²) < 4.78 is 7.33. The molecule has 1 aromatic heterocycles. The topological polar surface area (TPSA) is 156 Å². The number of aliphatic imine (C=N–C) groups is 1. The van der Waals surface area contributed by atoms with Crippen LogP contribution in [-0.2, 0) is 22.4 Å². The molecule has 4 aromatic carbocycles. The number of hydrogen-bond donors (Lipinski definition) is 4. The molecule has 0 fully saturated rings. The van der Waals surface area contributed by atoms with E-state index in [4.69, 9.17) is 14.7 Å². The number of para-hydroxylation sites is 1. The maximum atomic E-state index is 14.7. The van der Waals surface area contributed by atoms with E-state index in [1.165, 1.54) is 17.6 Å². The molecular formula is C44H47N7O5. The molecular weight excluding hydrogens is 707 g/mol. The second-order valence-electron chi connectivity index (χ2n) is 13.8. The molecule has 3 amide bonds. The van der Waals surface area contributed by atoms with Crippen molar-refractivity contribution < 1.29 is 19.1 Å². The Kier molecular flexibility index (Phi) is 12.4. The first-order valence-corrected chi connectivity index (χ1v) is 18.9. The lowest BCUT2D eigenvalue weighted by Crippen LogP contribution is -2.36. The lowest BCUT2D eigenvalue weighted by molar-refractivity contribution is -0.114. The van der Waals surface area contributed by atoms with E-state index < -0.39 is 11.8 Å². The van der Waals surface area contributed by atoms with E-state index in [2.05, 4.69) is 21.3 Å². The van der Waals surface area contributed by atoms with Crippen molar-refractivity contribution in [2.75, 3.05) is 35.6 Å². The van der Waals surface area contributed by atoms with Gasteiger partial charge in [0.15, 0.2) is 11.5 Å². The van der Waals surface area contributed by atoms with E-state index in [0.717, 1.165) is 47.5 Å². The van der Waals surface area contributed by atoms with Crippen LogP contribution in [0.25, 0.3) is 5.69 Å². The number of carbonyl (C=O) groups excluding carboxylic acids is 3. The van der Waals surface area contributed by atoms with Gasteiger partial charge in [-0.15, -0.1) is 0 Å². The molecule has 6 rings (SSSR count). The maximum Gasteiger partial charge on any atom is 0.278 e. The van der Waals surface area contributed by atoms with Crippen molar-refractivity contribution in [3.05, 3.63) is 135 Å². The molecule has 56 heavy (non-hydrogen) atoms. The predicted molar refractivity (Wildman–Crippen MR) is 221 cm³/mol. The van der Waals surface area contributed by atoms with Crippen molar-refractivity contribution in [1.29, 1.82) is 0 Å². The minimum atomic E-state index is -0.696. The highest BCUT2D eigenvalue weighted by molar-refractivity contribution is 6.48. The summed E-state index contributed by atoms with van der Waals surface area (Å²) in [4.78, 5) is 64.6. The summed E-state index contributed by atoms with van der Waals surface area (Å²) in [5.41, 5.74) is 6.41. The highest BCUT2D eigenvalue weighted by Crippen LogP contribution is 2.28. The Morgan fingerprint density at radius 3 is 2.38 bits per heavy atom. The fourth-order valence-corrected chi connectivity index (χ4v) is 6.70. The SMILES string of the molecule is CCNc1ccc(N=C(C(=O)Nc2cc(C(=O)NCCOc3ccc(C)cc3C)ccc2NC(C)=O)c2nc3c(c(=O)n2-c2ccccc2)CCCC3)c(C)c1. The number of amides is 3.